The number of nitrogens with two attached hydrogens (primary N) is 1. The van der Waals surface area contributed by atoms with E-state index in [2.05, 4.69) is 4.98 Å². The van der Waals surface area contributed by atoms with E-state index in [1.54, 1.807) is 6.92 Å². The van der Waals surface area contributed by atoms with Crippen molar-refractivity contribution in [3.63, 3.8) is 0 Å². The summed E-state index contributed by atoms with van der Waals surface area (Å²) >= 11 is 0. The SMILES string of the molecule is Cc1c(N2CCCC2)c(F)c(N)n2c(=O)[nH]c(=O)c(C3CC3)c12. The number of H-pyrrole nitrogens is 1. The fraction of sp³-hybridized carbons (Fsp3) is 0.500. The Labute approximate surface area is 131 Å². The minimum atomic E-state index is -0.679. The highest BCUT2D eigenvalue weighted by atomic mass is 19.1. The van der Waals surface area contributed by atoms with Crippen molar-refractivity contribution < 1.29 is 4.39 Å². The summed E-state index contributed by atoms with van der Waals surface area (Å²) in [6.07, 6.45) is 3.82. The van der Waals surface area contributed by atoms with Gasteiger partial charge < -0.3 is 10.6 Å². The van der Waals surface area contributed by atoms with Gasteiger partial charge in [0.2, 0.25) is 0 Å². The zero-order chi connectivity index (χ0) is 16.3. The van der Waals surface area contributed by atoms with Crippen LogP contribution in [0.15, 0.2) is 9.59 Å². The topological polar surface area (TPSA) is 83.6 Å². The van der Waals surface area contributed by atoms with E-state index >= 15 is 0 Å². The van der Waals surface area contributed by atoms with Crippen LogP contribution in [0.3, 0.4) is 0 Å². The lowest BCUT2D eigenvalue weighted by atomic mass is 10.1. The molecule has 2 aromatic rings. The number of nitrogen functional groups attached to an aromatic ring is 1. The normalized spacial score (nSPS) is 18.1. The van der Waals surface area contributed by atoms with Crippen molar-refractivity contribution in [2.24, 2.45) is 0 Å². The molecule has 0 spiro atoms. The second kappa shape index (κ2) is 4.84. The molecule has 122 valence electrons. The van der Waals surface area contributed by atoms with E-state index < -0.39 is 11.5 Å². The largest absolute Gasteiger partial charge is 0.382 e. The molecule has 3 heterocycles. The third-order valence-electron chi connectivity index (χ3n) is 4.94. The summed E-state index contributed by atoms with van der Waals surface area (Å²) in [5, 5.41) is 0. The molecule has 6 nitrogen and oxygen atoms in total. The molecule has 0 atom stereocenters. The standard InChI is InChI=1S/C16H19FN4O2/c1-8-12-10(9-4-5-9)15(22)19-16(23)21(12)14(18)11(17)13(8)20-6-2-3-7-20/h9H,2-7,18H2,1H3,(H,19,22,23). The third kappa shape index (κ3) is 1.99. The minimum absolute atomic E-state index is 0.129. The first-order valence-electron chi connectivity index (χ1n) is 8.02. The number of aromatic nitrogens is 2. The molecule has 0 amide bonds. The number of pyridine rings is 1. The van der Waals surface area contributed by atoms with Crippen molar-refractivity contribution in [3.05, 3.63) is 37.8 Å². The molecule has 4 rings (SSSR count). The highest BCUT2D eigenvalue weighted by Crippen LogP contribution is 2.42. The van der Waals surface area contributed by atoms with Crippen molar-refractivity contribution >= 4 is 17.0 Å². The van der Waals surface area contributed by atoms with Gasteiger partial charge in [-0.05, 0) is 38.5 Å². The molecule has 7 heteroatoms. The van der Waals surface area contributed by atoms with Crippen LogP contribution in [-0.4, -0.2) is 22.5 Å². The van der Waals surface area contributed by atoms with Gasteiger partial charge in [0.15, 0.2) is 11.6 Å². The monoisotopic (exact) mass is 318 g/mol. The second-order valence-electron chi connectivity index (χ2n) is 6.50. The van der Waals surface area contributed by atoms with E-state index in [0.29, 0.717) is 22.3 Å². The van der Waals surface area contributed by atoms with Gasteiger partial charge in [-0.25, -0.2) is 13.6 Å². The smallest absolute Gasteiger partial charge is 0.334 e. The fourth-order valence-electron chi connectivity index (χ4n) is 3.71. The van der Waals surface area contributed by atoms with Crippen molar-refractivity contribution in [2.75, 3.05) is 23.7 Å². The van der Waals surface area contributed by atoms with E-state index in [1.165, 1.54) is 0 Å². The second-order valence-corrected chi connectivity index (χ2v) is 6.50. The fourth-order valence-corrected chi connectivity index (χ4v) is 3.71. The number of halogens is 1. The summed E-state index contributed by atoms with van der Waals surface area (Å²) in [4.78, 5) is 28.7. The summed E-state index contributed by atoms with van der Waals surface area (Å²) in [5.74, 6) is -0.673. The molecule has 2 aromatic heterocycles. The summed E-state index contributed by atoms with van der Waals surface area (Å²) in [5.41, 5.74) is 7.00. The molecule has 1 aliphatic carbocycles. The van der Waals surface area contributed by atoms with Crippen LogP contribution in [0.4, 0.5) is 15.9 Å². The number of hydrogen-bond donors (Lipinski definition) is 2. The number of rotatable bonds is 2. The van der Waals surface area contributed by atoms with E-state index in [9.17, 15) is 14.0 Å². The summed E-state index contributed by atoms with van der Waals surface area (Å²) < 4.78 is 16.0. The van der Waals surface area contributed by atoms with Crippen molar-refractivity contribution in [1.29, 1.82) is 0 Å². The molecule has 0 bridgehead atoms. The summed E-state index contributed by atoms with van der Waals surface area (Å²) in [7, 11) is 0. The van der Waals surface area contributed by atoms with Gasteiger partial charge in [-0.1, -0.05) is 0 Å². The Balaban J connectivity index is 2.16. The van der Waals surface area contributed by atoms with Gasteiger partial charge in [-0.3, -0.25) is 9.78 Å². The zero-order valence-electron chi connectivity index (χ0n) is 13.0. The Hall–Kier alpha value is -2.31. The molecule has 0 aromatic carbocycles. The lowest BCUT2D eigenvalue weighted by Gasteiger charge is -2.24. The molecule has 1 saturated carbocycles. The maximum atomic E-state index is 14.9. The Morgan fingerprint density at radius 3 is 2.48 bits per heavy atom. The number of nitrogens with zero attached hydrogens (tertiary/aromatic N) is 2. The average Bonchev–Trinajstić information content (AvgIpc) is 3.19. The molecule has 0 radical (unpaired) electrons. The predicted octanol–water partition coefficient (Wildman–Crippen LogP) is 1.50. The number of aromatic amines is 1. The number of aryl methyl sites for hydroxylation is 1. The number of nitrogens with one attached hydrogen (secondary N) is 1. The van der Waals surface area contributed by atoms with E-state index in [4.69, 9.17) is 5.73 Å². The van der Waals surface area contributed by atoms with Gasteiger partial charge in [0, 0.05) is 24.2 Å². The first kappa shape index (κ1) is 14.3. The highest BCUT2D eigenvalue weighted by Gasteiger charge is 2.32. The highest BCUT2D eigenvalue weighted by molar-refractivity contribution is 5.76. The summed E-state index contributed by atoms with van der Waals surface area (Å²) in [6.45, 7) is 3.30. The molecule has 23 heavy (non-hydrogen) atoms. The average molecular weight is 318 g/mol. The van der Waals surface area contributed by atoms with Crippen LogP contribution in [0.1, 0.15) is 42.7 Å². The number of anilines is 2. The Kier molecular flexibility index (Phi) is 3.01. The van der Waals surface area contributed by atoms with E-state index in [1.807, 2.05) is 4.90 Å². The van der Waals surface area contributed by atoms with Crippen LogP contribution in [0.5, 0.6) is 0 Å². The summed E-state index contributed by atoms with van der Waals surface area (Å²) in [6, 6.07) is 0. The van der Waals surface area contributed by atoms with Gasteiger partial charge in [-0.15, -0.1) is 0 Å². The quantitative estimate of drug-likeness (QED) is 0.879. The lowest BCUT2D eigenvalue weighted by molar-refractivity contribution is 0.617. The van der Waals surface area contributed by atoms with Crippen LogP contribution >= 0.6 is 0 Å². The molecular formula is C16H19FN4O2. The third-order valence-corrected chi connectivity index (χ3v) is 4.94. The molecular weight excluding hydrogens is 299 g/mol. The first-order valence-corrected chi connectivity index (χ1v) is 8.02. The molecule has 1 saturated heterocycles. The van der Waals surface area contributed by atoms with Gasteiger partial charge in [0.1, 0.15) is 0 Å². The van der Waals surface area contributed by atoms with Crippen molar-refractivity contribution in [3.8, 4) is 0 Å². The van der Waals surface area contributed by atoms with Crippen molar-refractivity contribution in [1.82, 2.24) is 9.38 Å². The lowest BCUT2D eigenvalue weighted by Crippen LogP contribution is -2.32. The number of fused-ring (bicyclic) bond motifs is 1. The number of hydrogen-bond acceptors (Lipinski definition) is 4. The van der Waals surface area contributed by atoms with E-state index in [0.717, 1.165) is 43.2 Å². The van der Waals surface area contributed by atoms with Crippen LogP contribution < -0.4 is 21.9 Å². The maximum absolute atomic E-state index is 14.9. The maximum Gasteiger partial charge on any atom is 0.334 e. The van der Waals surface area contributed by atoms with Crippen LogP contribution in [0, 0.1) is 12.7 Å². The van der Waals surface area contributed by atoms with Gasteiger partial charge in [-0.2, -0.15) is 0 Å². The minimum Gasteiger partial charge on any atom is -0.382 e. The molecule has 0 unspecified atom stereocenters. The van der Waals surface area contributed by atoms with Gasteiger partial charge in [0.25, 0.3) is 5.56 Å². The Morgan fingerprint density at radius 1 is 1.22 bits per heavy atom. The Bertz CT molecular complexity index is 921. The first-order chi connectivity index (χ1) is 11.0. The molecule has 2 fully saturated rings. The van der Waals surface area contributed by atoms with E-state index in [-0.39, 0.29) is 17.3 Å². The van der Waals surface area contributed by atoms with Crippen LogP contribution in [0.2, 0.25) is 0 Å². The molecule has 1 aliphatic heterocycles. The molecule has 2 aliphatic rings. The molecule has 3 N–H and O–H groups in total. The predicted molar refractivity (Wildman–Crippen MR) is 86.8 cm³/mol. The van der Waals surface area contributed by atoms with Crippen molar-refractivity contribution in [2.45, 2.75) is 38.5 Å². The Morgan fingerprint density at radius 2 is 1.87 bits per heavy atom. The van der Waals surface area contributed by atoms with Gasteiger partial charge >= 0.3 is 5.69 Å². The van der Waals surface area contributed by atoms with Crippen LogP contribution in [0.25, 0.3) is 5.52 Å². The zero-order valence-corrected chi connectivity index (χ0v) is 13.0. The van der Waals surface area contributed by atoms with Gasteiger partial charge in [0.05, 0.1) is 11.2 Å². The van der Waals surface area contributed by atoms with Crippen LogP contribution in [-0.2, 0) is 0 Å².